The number of piperazine rings is 1. The highest BCUT2D eigenvalue weighted by Gasteiger charge is 2.21. The predicted molar refractivity (Wildman–Crippen MR) is 109 cm³/mol. The van der Waals surface area contributed by atoms with Gasteiger partial charge in [0.2, 0.25) is 5.91 Å². The minimum absolute atomic E-state index is 0.0173. The molecule has 1 aromatic rings. The van der Waals surface area contributed by atoms with Crippen molar-refractivity contribution in [2.45, 2.75) is 34.1 Å². The van der Waals surface area contributed by atoms with Gasteiger partial charge in [-0.2, -0.15) is 0 Å². The molecule has 0 unspecified atom stereocenters. The van der Waals surface area contributed by atoms with Crippen LogP contribution in [0.4, 0.5) is 5.69 Å². The zero-order valence-corrected chi connectivity index (χ0v) is 16.6. The smallest absolute Gasteiger partial charge is 0.241 e. The van der Waals surface area contributed by atoms with Crippen LogP contribution in [0, 0.1) is 13.8 Å². The van der Waals surface area contributed by atoms with E-state index in [1.54, 1.807) is 0 Å². The van der Waals surface area contributed by atoms with Crippen LogP contribution < -0.4 is 15.5 Å². The summed E-state index contributed by atoms with van der Waals surface area (Å²) in [6, 6.07) is 6.49. The fraction of sp³-hybridized carbons (Fsp3) is 0.600. The molecule has 26 heavy (non-hydrogen) atoms. The van der Waals surface area contributed by atoms with Gasteiger partial charge in [-0.15, -0.1) is 0 Å². The fourth-order valence-electron chi connectivity index (χ4n) is 3.13. The highest BCUT2D eigenvalue weighted by atomic mass is 16.1. The van der Waals surface area contributed by atoms with Gasteiger partial charge in [0.15, 0.2) is 5.96 Å². The lowest BCUT2D eigenvalue weighted by atomic mass is 10.1. The Bertz CT molecular complexity index is 621. The molecule has 2 rings (SSSR count). The van der Waals surface area contributed by atoms with Gasteiger partial charge >= 0.3 is 0 Å². The number of amides is 1. The van der Waals surface area contributed by atoms with E-state index in [1.807, 2.05) is 6.92 Å². The van der Waals surface area contributed by atoms with Gasteiger partial charge in [0.25, 0.3) is 0 Å². The number of hydrogen-bond donors (Lipinski definition) is 2. The maximum atomic E-state index is 11.8. The Morgan fingerprint density at radius 3 is 2.50 bits per heavy atom. The molecule has 1 heterocycles. The second-order valence-corrected chi connectivity index (χ2v) is 6.71. The molecule has 0 saturated carbocycles. The lowest BCUT2D eigenvalue weighted by Crippen LogP contribution is -2.53. The number of aliphatic imine (C=N–C) groups is 1. The maximum Gasteiger partial charge on any atom is 0.241 e. The van der Waals surface area contributed by atoms with Gasteiger partial charge in [0.05, 0.1) is 0 Å². The van der Waals surface area contributed by atoms with Gasteiger partial charge in [0, 0.05) is 45.0 Å². The standard InChI is InChI=1S/C20H33N5O/c1-5-10-22-19(26)15-23-20(21-6-2)25-13-11-24(12-14-25)18-9-7-8-16(3)17(18)4/h7-9H,5-6,10-15H2,1-4H3,(H,21,23)(H,22,26). The third-order valence-electron chi connectivity index (χ3n) is 4.78. The molecule has 1 amide bonds. The first kappa shape index (κ1) is 20.1. The summed E-state index contributed by atoms with van der Waals surface area (Å²) in [5.41, 5.74) is 4.01. The van der Waals surface area contributed by atoms with E-state index in [0.29, 0.717) is 6.54 Å². The summed E-state index contributed by atoms with van der Waals surface area (Å²) in [7, 11) is 0. The van der Waals surface area contributed by atoms with Crippen molar-refractivity contribution in [2.24, 2.45) is 4.99 Å². The van der Waals surface area contributed by atoms with Crippen molar-refractivity contribution in [3.63, 3.8) is 0 Å². The van der Waals surface area contributed by atoms with Gasteiger partial charge < -0.3 is 20.4 Å². The van der Waals surface area contributed by atoms with E-state index in [1.165, 1.54) is 16.8 Å². The summed E-state index contributed by atoms with van der Waals surface area (Å²) in [5, 5.41) is 6.19. The molecule has 1 fully saturated rings. The number of nitrogens with zero attached hydrogens (tertiary/aromatic N) is 3. The summed E-state index contributed by atoms with van der Waals surface area (Å²) in [5.74, 6) is 0.816. The maximum absolute atomic E-state index is 11.8. The second-order valence-electron chi connectivity index (χ2n) is 6.71. The van der Waals surface area contributed by atoms with Crippen molar-refractivity contribution >= 4 is 17.6 Å². The van der Waals surface area contributed by atoms with Crippen LogP contribution in [0.1, 0.15) is 31.4 Å². The van der Waals surface area contributed by atoms with Crippen LogP contribution in [0.15, 0.2) is 23.2 Å². The van der Waals surface area contributed by atoms with Gasteiger partial charge in [-0.3, -0.25) is 4.79 Å². The number of carbonyl (C=O) groups excluding carboxylic acids is 1. The van der Waals surface area contributed by atoms with Crippen LogP contribution in [0.5, 0.6) is 0 Å². The average Bonchev–Trinajstić information content (AvgIpc) is 2.66. The van der Waals surface area contributed by atoms with Crippen LogP contribution in [-0.2, 0) is 4.79 Å². The highest BCUT2D eigenvalue weighted by molar-refractivity contribution is 5.85. The van der Waals surface area contributed by atoms with Crippen LogP contribution in [0.2, 0.25) is 0 Å². The van der Waals surface area contributed by atoms with E-state index < -0.39 is 0 Å². The molecule has 0 aliphatic carbocycles. The highest BCUT2D eigenvalue weighted by Crippen LogP contribution is 2.23. The molecule has 1 aliphatic rings. The molecule has 1 saturated heterocycles. The zero-order valence-electron chi connectivity index (χ0n) is 16.6. The molecule has 1 aliphatic heterocycles. The van der Waals surface area contributed by atoms with Gasteiger partial charge in [0.1, 0.15) is 6.54 Å². The van der Waals surface area contributed by atoms with Crippen molar-refractivity contribution in [1.82, 2.24) is 15.5 Å². The molecule has 0 bridgehead atoms. The SMILES string of the molecule is CCCNC(=O)CN=C(NCC)N1CCN(c2cccc(C)c2C)CC1. The zero-order chi connectivity index (χ0) is 18.9. The number of benzene rings is 1. The van der Waals surface area contributed by atoms with E-state index in [-0.39, 0.29) is 12.5 Å². The first-order chi connectivity index (χ1) is 12.6. The van der Waals surface area contributed by atoms with Crippen molar-refractivity contribution in [2.75, 3.05) is 50.7 Å². The number of carbonyl (C=O) groups is 1. The topological polar surface area (TPSA) is 60.0 Å². The first-order valence-corrected chi connectivity index (χ1v) is 9.67. The second kappa shape index (κ2) is 10.0. The molecule has 6 heteroatoms. The van der Waals surface area contributed by atoms with E-state index >= 15 is 0 Å². The largest absolute Gasteiger partial charge is 0.368 e. The Kier molecular flexibility index (Phi) is 7.75. The molecular formula is C20H33N5O. The molecule has 0 aromatic heterocycles. The minimum Gasteiger partial charge on any atom is -0.368 e. The summed E-state index contributed by atoms with van der Waals surface area (Å²) < 4.78 is 0. The Hall–Kier alpha value is -2.24. The quantitative estimate of drug-likeness (QED) is 0.602. The lowest BCUT2D eigenvalue weighted by Gasteiger charge is -2.38. The van der Waals surface area contributed by atoms with Crippen molar-refractivity contribution in [1.29, 1.82) is 0 Å². The predicted octanol–water partition coefficient (Wildman–Crippen LogP) is 1.92. The molecule has 144 valence electrons. The molecule has 0 radical (unpaired) electrons. The van der Waals surface area contributed by atoms with Crippen LogP contribution in [0.3, 0.4) is 0 Å². The van der Waals surface area contributed by atoms with Crippen molar-refractivity contribution in [3.05, 3.63) is 29.3 Å². The number of rotatable bonds is 6. The van der Waals surface area contributed by atoms with Crippen LogP contribution in [0.25, 0.3) is 0 Å². The number of nitrogens with one attached hydrogen (secondary N) is 2. The van der Waals surface area contributed by atoms with Crippen LogP contribution >= 0.6 is 0 Å². The summed E-state index contributed by atoms with van der Waals surface area (Å²) in [6.45, 7) is 13.8. The first-order valence-electron chi connectivity index (χ1n) is 9.67. The molecular weight excluding hydrogens is 326 g/mol. The van der Waals surface area contributed by atoms with Gasteiger partial charge in [-0.1, -0.05) is 19.1 Å². The van der Waals surface area contributed by atoms with E-state index in [9.17, 15) is 4.79 Å². The van der Waals surface area contributed by atoms with Crippen LogP contribution in [-0.4, -0.2) is 62.6 Å². The molecule has 0 spiro atoms. The third kappa shape index (κ3) is 5.38. The Balaban J connectivity index is 1.96. The van der Waals surface area contributed by atoms with Crippen molar-refractivity contribution in [3.8, 4) is 0 Å². The number of hydrogen-bond acceptors (Lipinski definition) is 3. The fourth-order valence-corrected chi connectivity index (χ4v) is 3.13. The monoisotopic (exact) mass is 359 g/mol. The Labute approximate surface area is 157 Å². The normalized spacial score (nSPS) is 15.2. The molecule has 6 nitrogen and oxygen atoms in total. The van der Waals surface area contributed by atoms with Crippen molar-refractivity contribution < 1.29 is 4.79 Å². The molecule has 0 atom stereocenters. The van der Waals surface area contributed by atoms with E-state index in [0.717, 1.165) is 45.1 Å². The summed E-state index contributed by atoms with van der Waals surface area (Å²) in [4.78, 5) is 21.0. The Morgan fingerprint density at radius 1 is 1.12 bits per heavy atom. The number of anilines is 1. The number of guanidine groups is 1. The van der Waals surface area contributed by atoms with E-state index in [2.05, 4.69) is 64.4 Å². The Morgan fingerprint density at radius 2 is 1.85 bits per heavy atom. The molecule has 1 aromatic carbocycles. The lowest BCUT2D eigenvalue weighted by molar-refractivity contribution is -0.119. The molecule has 2 N–H and O–H groups in total. The van der Waals surface area contributed by atoms with Gasteiger partial charge in [-0.05, 0) is 44.4 Å². The third-order valence-corrected chi connectivity index (χ3v) is 4.78. The minimum atomic E-state index is -0.0173. The van der Waals surface area contributed by atoms with E-state index in [4.69, 9.17) is 0 Å². The summed E-state index contributed by atoms with van der Waals surface area (Å²) in [6.07, 6.45) is 0.940. The average molecular weight is 360 g/mol. The number of aryl methyl sites for hydroxylation is 1. The van der Waals surface area contributed by atoms with Gasteiger partial charge in [-0.25, -0.2) is 4.99 Å². The summed E-state index contributed by atoms with van der Waals surface area (Å²) >= 11 is 0.